The minimum Gasteiger partial charge on any atom is -0.480 e. The fourth-order valence-corrected chi connectivity index (χ4v) is 2.31. The maximum Gasteiger partial charge on any atom is 0.323 e. The van der Waals surface area contributed by atoms with Gasteiger partial charge in [-0.15, -0.1) is 11.3 Å². The molecule has 2 amide bonds. The topological polar surface area (TPSA) is 108 Å². The van der Waals surface area contributed by atoms with Crippen LogP contribution < -0.4 is 16.2 Å². The van der Waals surface area contributed by atoms with Gasteiger partial charge < -0.3 is 5.11 Å². The molecule has 21 heavy (non-hydrogen) atoms. The second-order valence-corrected chi connectivity index (χ2v) is 5.67. The molecule has 0 spiro atoms. The summed E-state index contributed by atoms with van der Waals surface area (Å²) in [6, 6.07) is 3.36. The average molecular weight is 313 g/mol. The summed E-state index contributed by atoms with van der Waals surface area (Å²) in [5.41, 5.74) is 3.34. The molecule has 0 aliphatic carbocycles. The molecule has 1 atom stereocenters. The second-order valence-electron chi connectivity index (χ2n) is 4.72. The van der Waals surface area contributed by atoms with Crippen LogP contribution >= 0.6 is 11.3 Å². The summed E-state index contributed by atoms with van der Waals surface area (Å²) in [7, 11) is 0. The minimum absolute atomic E-state index is 0.201. The number of rotatable bonds is 7. The minimum atomic E-state index is -1.16. The largest absolute Gasteiger partial charge is 0.480 e. The molecule has 1 aromatic heterocycles. The third-order valence-electron chi connectivity index (χ3n) is 2.92. The van der Waals surface area contributed by atoms with E-state index in [9.17, 15) is 14.4 Å². The van der Waals surface area contributed by atoms with Gasteiger partial charge in [0.05, 0.1) is 11.4 Å². The molecular formula is C13H19N3O4S. The van der Waals surface area contributed by atoms with Crippen molar-refractivity contribution in [3.63, 3.8) is 0 Å². The van der Waals surface area contributed by atoms with Gasteiger partial charge in [-0.05, 0) is 24.8 Å². The molecule has 7 nitrogen and oxygen atoms in total. The number of carboxylic acids is 1. The van der Waals surface area contributed by atoms with Crippen LogP contribution in [0.3, 0.4) is 0 Å². The number of nitrogens with one attached hydrogen (secondary N) is 3. The lowest BCUT2D eigenvalue weighted by Crippen LogP contribution is -2.54. The van der Waals surface area contributed by atoms with Gasteiger partial charge in [-0.1, -0.05) is 19.4 Å². The molecule has 116 valence electrons. The highest BCUT2D eigenvalue weighted by Crippen LogP contribution is 2.12. The molecule has 8 heteroatoms. The number of hydrazine groups is 1. The summed E-state index contributed by atoms with van der Waals surface area (Å²) >= 11 is 1.25. The lowest BCUT2D eigenvalue weighted by molar-refractivity contribution is -0.144. The highest BCUT2D eigenvalue weighted by atomic mass is 32.1. The molecule has 0 aliphatic rings. The van der Waals surface area contributed by atoms with Crippen molar-refractivity contribution in [1.29, 1.82) is 0 Å². The van der Waals surface area contributed by atoms with E-state index in [4.69, 9.17) is 5.11 Å². The average Bonchev–Trinajstić information content (AvgIpc) is 2.97. The van der Waals surface area contributed by atoms with E-state index in [0.29, 0.717) is 17.7 Å². The smallest absolute Gasteiger partial charge is 0.323 e. The summed E-state index contributed by atoms with van der Waals surface area (Å²) in [5, 5.41) is 13.6. The molecular weight excluding hydrogens is 294 g/mol. The van der Waals surface area contributed by atoms with Gasteiger partial charge >= 0.3 is 5.97 Å². The van der Waals surface area contributed by atoms with Crippen molar-refractivity contribution in [1.82, 2.24) is 16.2 Å². The van der Waals surface area contributed by atoms with E-state index in [1.54, 1.807) is 17.5 Å². The van der Waals surface area contributed by atoms with Crippen LogP contribution in [0.1, 0.15) is 36.4 Å². The summed E-state index contributed by atoms with van der Waals surface area (Å²) in [4.78, 5) is 34.9. The first kappa shape index (κ1) is 17.1. The summed E-state index contributed by atoms with van der Waals surface area (Å²) < 4.78 is 0. The van der Waals surface area contributed by atoms with Crippen molar-refractivity contribution >= 4 is 29.1 Å². The third kappa shape index (κ3) is 5.16. The Hall–Kier alpha value is -1.93. The summed E-state index contributed by atoms with van der Waals surface area (Å²) in [6.07, 6.45) is 1.07. The zero-order valence-corrected chi connectivity index (χ0v) is 12.8. The number of hydrogen-bond acceptors (Lipinski definition) is 5. The Bertz CT molecular complexity index is 504. The van der Waals surface area contributed by atoms with E-state index in [0.717, 1.165) is 0 Å². The van der Waals surface area contributed by atoms with E-state index in [-0.39, 0.29) is 6.54 Å². The Kier molecular flexibility index (Phi) is 6.32. The molecule has 0 saturated heterocycles. The predicted molar refractivity (Wildman–Crippen MR) is 78.9 cm³/mol. The van der Waals surface area contributed by atoms with Gasteiger partial charge in [0, 0.05) is 0 Å². The van der Waals surface area contributed by atoms with Crippen LogP contribution in [0.5, 0.6) is 0 Å². The normalized spacial score (nSPS) is 13.2. The van der Waals surface area contributed by atoms with Crippen LogP contribution in [0.2, 0.25) is 0 Å². The Morgan fingerprint density at radius 3 is 2.57 bits per heavy atom. The van der Waals surface area contributed by atoms with E-state index in [1.165, 1.54) is 18.3 Å². The Morgan fingerprint density at radius 1 is 1.33 bits per heavy atom. The van der Waals surface area contributed by atoms with E-state index < -0.39 is 23.3 Å². The highest BCUT2D eigenvalue weighted by molar-refractivity contribution is 7.12. The zero-order valence-electron chi connectivity index (χ0n) is 11.9. The lowest BCUT2D eigenvalue weighted by atomic mass is 9.96. The fraction of sp³-hybridized carbons (Fsp3) is 0.462. The van der Waals surface area contributed by atoms with Crippen LogP contribution in [-0.4, -0.2) is 35.0 Å². The summed E-state index contributed by atoms with van der Waals surface area (Å²) in [5.74, 6) is -1.93. The number of carbonyl (C=O) groups is 3. The van der Waals surface area contributed by atoms with Gasteiger partial charge in [0.25, 0.3) is 11.8 Å². The van der Waals surface area contributed by atoms with Crippen LogP contribution in [0, 0.1) is 0 Å². The monoisotopic (exact) mass is 313 g/mol. The van der Waals surface area contributed by atoms with Gasteiger partial charge in [0.1, 0.15) is 5.54 Å². The van der Waals surface area contributed by atoms with Crippen LogP contribution in [0.25, 0.3) is 0 Å². The molecule has 0 aromatic carbocycles. The molecule has 1 rings (SSSR count). The van der Waals surface area contributed by atoms with Gasteiger partial charge in [-0.3, -0.25) is 30.6 Å². The molecule has 0 fully saturated rings. The van der Waals surface area contributed by atoms with Crippen LogP contribution in [0.15, 0.2) is 17.5 Å². The molecule has 0 saturated carbocycles. The van der Waals surface area contributed by atoms with Gasteiger partial charge in [-0.25, -0.2) is 0 Å². The van der Waals surface area contributed by atoms with Crippen molar-refractivity contribution in [2.75, 3.05) is 6.54 Å². The van der Waals surface area contributed by atoms with Gasteiger partial charge in [0.2, 0.25) is 0 Å². The maximum absolute atomic E-state index is 11.6. The molecule has 1 heterocycles. The number of aliphatic carboxylic acids is 1. The molecule has 1 unspecified atom stereocenters. The molecule has 1 aromatic rings. The van der Waals surface area contributed by atoms with Gasteiger partial charge in [-0.2, -0.15) is 0 Å². The first-order chi connectivity index (χ1) is 9.89. The number of carbonyl (C=O) groups excluding carboxylic acids is 2. The van der Waals surface area contributed by atoms with E-state index >= 15 is 0 Å². The lowest BCUT2D eigenvalue weighted by Gasteiger charge is -2.25. The zero-order chi connectivity index (χ0) is 15.9. The quantitative estimate of drug-likeness (QED) is 0.555. The van der Waals surface area contributed by atoms with Crippen molar-refractivity contribution in [2.45, 2.75) is 32.2 Å². The summed E-state index contributed by atoms with van der Waals surface area (Å²) in [6.45, 7) is 3.19. The van der Waals surface area contributed by atoms with E-state index in [1.807, 2.05) is 6.92 Å². The molecule has 0 bridgehead atoms. The Labute approximate surface area is 126 Å². The second kappa shape index (κ2) is 7.75. The number of hydrogen-bond donors (Lipinski definition) is 4. The standard InChI is InChI=1S/C13H19N3O4S/c1-3-6-13(2,12(19)20)14-8-10(17)15-16-11(18)9-5-4-7-21-9/h4-5,7,14H,3,6,8H2,1-2H3,(H,15,17)(H,16,18)(H,19,20). The Morgan fingerprint density at radius 2 is 2.05 bits per heavy atom. The molecule has 4 N–H and O–H groups in total. The SMILES string of the molecule is CCCC(C)(NCC(=O)NNC(=O)c1cccs1)C(=O)O. The van der Waals surface area contributed by atoms with Crippen molar-refractivity contribution in [3.8, 4) is 0 Å². The maximum atomic E-state index is 11.6. The molecule has 0 radical (unpaired) electrons. The van der Waals surface area contributed by atoms with E-state index in [2.05, 4.69) is 16.2 Å². The fourth-order valence-electron chi connectivity index (χ4n) is 1.69. The number of thiophene rings is 1. The molecule has 0 aliphatic heterocycles. The van der Waals surface area contributed by atoms with Crippen molar-refractivity contribution in [3.05, 3.63) is 22.4 Å². The first-order valence-corrected chi connectivity index (χ1v) is 7.38. The van der Waals surface area contributed by atoms with Crippen molar-refractivity contribution < 1.29 is 19.5 Å². The first-order valence-electron chi connectivity index (χ1n) is 6.50. The van der Waals surface area contributed by atoms with Gasteiger partial charge in [0.15, 0.2) is 0 Å². The Balaban J connectivity index is 2.40. The van der Waals surface area contributed by atoms with Crippen molar-refractivity contribution in [2.24, 2.45) is 0 Å². The number of amides is 2. The highest BCUT2D eigenvalue weighted by Gasteiger charge is 2.31. The van der Waals surface area contributed by atoms with Crippen LogP contribution in [0.4, 0.5) is 0 Å². The predicted octanol–water partition coefficient (Wildman–Crippen LogP) is 0.742. The van der Waals surface area contributed by atoms with Crippen LogP contribution in [-0.2, 0) is 9.59 Å². The number of carboxylic acid groups (broad SMARTS) is 1. The third-order valence-corrected chi connectivity index (χ3v) is 3.79.